The number of fused-ring (bicyclic) bond motifs is 2. The molecule has 0 atom stereocenters. The lowest BCUT2D eigenvalue weighted by atomic mass is 9.89. The van der Waals surface area contributed by atoms with Crippen LogP contribution < -0.4 is 0 Å². The summed E-state index contributed by atoms with van der Waals surface area (Å²) in [5.41, 5.74) is -0.0663. The number of hydrogen-bond donors (Lipinski definition) is 1. The summed E-state index contributed by atoms with van der Waals surface area (Å²) >= 11 is 0. The second-order valence-corrected chi connectivity index (χ2v) is 5.46. The van der Waals surface area contributed by atoms with E-state index in [1.807, 2.05) is 6.92 Å². The van der Waals surface area contributed by atoms with Gasteiger partial charge in [0, 0.05) is 17.7 Å². The van der Waals surface area contributed by atoms with Gasteiger partial charge in [0.25, 0.3) is 0 Å². The smallest absolute Gasteiger partial charge is 0.410 e. The Balaban J connectivity index is 2.29. The molecule has 0 bridgehead atoms. The maximum absolute atomic E-state index is 13.4. The Bertz CT molecular complexity index is 838. The first-order chi connectivity index (χ1) is 11.4. The van der Waals surface area contributed by atoms with Crippen LogP contribution in [0, 0.1) is 0 Å². The van der Waals surface area contributed by atoms with Gasteiger partial charge in [0.15, 0.2) is 0 Å². The average Bonchev–Trinajstić information content (AvgIpc) is 2.93. The number of oxime groups is 1. The lowest BCUT2D eigenvalue weighted by Crippen LogP contribution is -2.24. The number of carbonyl (C=O) groups excluding carboxylic acids is 1. The van der Waals surface area contributed by atoms with Crippen molar-refractivity contribution in [1.82, 2.24) is 9.55 Å². The minimum Gasteiger partial charge on any atom is -0.410 e. The molecule has 2 aromatic rings. The molecule has 0 amide bonds. The summed E-state index contributed by atoms with van der Waals surface area (Å²) < 4.78 is 40.9. The first-order valence-electron chi connectivity index (χ1n) is 7.44. The molecule has 126 valence electrons. The number of alkyl halides is 3. The van der Waals surface area contributed by atoms with E-state index in [-0.39, 0.29) is 34.8 Å². The number of benzene rings is 1. The van der Waals surface area contributed by atoms with Gasteiger partial charge >= 0.3 is 6.18 Å². The van der Waals surface area contributed by atoms with Crippen LogP contribution in [0.15, 0.2) is 29.4 Å². The first kappa shape index (κ1) is 16.2. The fourth-order valence-corrected chi connectivity index (χ4v) is 2.84. The average molecular weight is 337 g/mol. The van der Waals surface area contributed by atoms with E-state index in [0.717, 1.165) is 4.57 Å². The molecule has 24 heavy (non-hydrogen) atoms. The highest BCUT2D eigenvalue weighted by Gasteiger charge is 2.43. The topological polar surface area (TPSA) is 67.5 Å². The van der Waals surface area contributed by atoms with Crippen LogP contribution >= 0.6 is 0 Å². The zero-order chi connectivity index (χ0) is 17.5. The number of ketones is 1. The fourth-order valence-electron chi connectivity index (χ4n) is 2.84. The molecule has 8 heteroatoms. The van der Waals surface area contributed by atoms with Gasteiger partial charge in [0.1, 0.15) is 17.1 Å². The molecular formula is C16H14F3N3O2. The van der Waals surface area contributed by atoms with Crippen LogP contribution in [0.1, 0.15) is 52.9 Å². The van der Waals surface area contributed by atoms with Gasteiger partial charge in [-0.05, 0) is 6.42 Å². The van der Waals surface area contributed by atoms with Gasteiger partial charge in [-0.15, -0.1) is 0 Å². The van der Waals surface area contributed by atoms with E-state index < -0.39 is 17.8 Å². The third kappa shape index (κ3) is 2.38. The highest BCUT2D eigenvalue weighted by Crippen LogP contribution is 2.35. The largest absolute Gasteiger partial charge is 0.449 e. The zero-order valence-electron chi connectivity index (χ0n) is 12.8. The molecule has 1 aromatic carbocycles. The molecule has 1 aliphatic rings. The van der Waals surface area contributed by atoms with E-state index in [0.29, 0.717) is 12.8 Å². The van der Waals surface area contributed by atoms with Crippen LogP contribution in [-0.4, -0.2) is 26.3 Å². The summed E-state index contributed by atoms with van der Waals surface area (Å²) in [4.78, 5) is 16.3. The van der Waals surface area contributed by atoms with E-state index in [1.54, 1.807) is 12.1 Å². The van der Waals surface area contributed by atoms with Gasteiger partial charge < -0.3 is 9.77 Å². The normalized spacial score (nSPS) is 15.5. The number of carbonyl (C=O) groups is 1. The number of imidazole rings is 1. The molecule has 0 fully saturated rings. The molecule has 0 spiro atoms. The molecule has 1 aliphatic carbocycles. The zero-order valence-corrected chi connectivity index (χ0v) is 12.8. The number of unbranched alkanes of at least 4 members (excludes halogenated alkanes) is 1. The maximum Gasteiger partial charge on any atom is 0.449 e. The second-order valence-electron chi connectivity index (χ2n) is 5.46. The van der Waals surface area contributed by atoms with Gasteiger partial charge in [0.05, 0.1) is 0 Å². The van der Waals surface area contributed by atoms with Crippen LogP contribution in [0.3, 0.4) is 0 Å². The number of halogens is 3. The van der Waals surface area contributed by atoms with Crippen molar-refractivity contribution in [3.05, 3.63) is 52.6 Å². The minimum atomic E-state index is -4.71. The minimum absolute atomic E-state index is 0.0142. The van der Waals surface area contributed by atoms with Crippen molar-refractivity contribution in [2.75, 3.05) is 0 Å². The Labute approximate surface area is 135 Å². The molecule has 0 saturated carbocycles. The van der Waals surface area contributed by atoms with Crippen LogP contribution in [0.5, 0.6) is 0 Å². The van der Waals surface area contributed by atoms with Crippen LogP contribution in [0.2, 0.25) is 0 Å². The predicted octanol–water partition coefficient (Wildman–Crippen LogP) is 3.47. The van der Waals surface area contributed by atoms with Crippen molar-refractivity contribution in [2.45, 2.75) is 32.5 Å². The number of nitrogens with zero attached hydrogens (tertiary/aromatic N) is 3. The third-order valence-electron chi connectivity index (χ3n) is 3.92. The maximum atomic E-state index is 13.4. The van der Waals surface area contributed by atoms with E-state index in [9.17, 15) is 23.2 Å². The summed E-state index contributed by atoms with van der Waals surface area (Å²) in [5, 5.41) is 12.4. The summed E-state index contributed by atoms with van der Waals surface area (Å²) in [6.45, 7) is 1.86. The van der Waals surface area contributed by atoms with Crippen LogP contribution in [0.25, 0.3) is 0 Å². The first-order valence-corrected chi connectivity index (χ1v) is 7.44. The Hall–Kier alpha value is -2.64. The summed E-state index contributed by atoms with van der Waals surface area (Å²) in [5.74, 6) is -1.70. The second kappa shape index (κ2) is 5.77. The van der Waals surface area contributed by atoms with E-state index >= 15 is 0 Å². The SMILES string of the molecule is CCCCn1c(C(F)(F)F)nc2c1C(=O)c1ccccc1C2=NO. The van der Waals surface area contributed by atoms with Crippen LogP contribution in [0.4, 0.5) is 13.2 Å². The van der Waals surface area contributed by atoms with Crippen molar-refractivity contribution >= 4 is 11.5 Å². The van der Waals surface area contributed by atoms with E-state index in [1.165, 1.54) is 12.1 Å². The molecule has 1 aromatic heterocycles. The molecule has 0 aliphatic heterocycles. The number of hydrogen-bond acceptors (Lipinski definition) is 4. The lowest BCUT2D eigenvalue weighted by Gasteiger charge is -2.18. The number of aromatic nitrogens is 2. The molecular weight excluding hydrogens is 323 g/mol. The van der Waals surface area contributed by atoms with Crippen molar-refractivity contribution in [3.63, 3.8) is 0 Å². The molecule has 0 saturated heterocycles. The quantitative estimate of drug-likeness (QED) is 0.588. The Morgan fingerprint density at radius 3 is 2.50 bits per heavy atom. The summed E-state index contributed by atoms with van der Waals surface area (Å²) in [6, 6.07) is 6.23. The van der Waals surface area contributed by atoms with Gasteiger partial charge in [0.2, 0.25) is 11.6 Å². The monoisotopic (exact) mass is 337 g/mol. The lowest BCUT2D eigenvalue weighted by molar-refractivity contribution is -0.147. The van der Waals surface area contributed by atoms with Gasteiger partial charge in [-0.3, -0.25) is 4.79 Å². The molecule has 1 heterocycles. The molecule has 5 nitrogen and oxygen atoms in total. The Kier molecular flexibility index (Phi) is 3.90. The van der Waals surface area contributed by atoms with E-state index in [4.69, 9.17) is 0 Å². The molecule has 1 N–H and O–H groups in total. The number of rotatable bonds is 3. The van der Waals surface area contributed by atoms with Crippen molar-refractivity contribution in [2.24, 2.45) is 5.16 Å². The van der Waals surface area contributed by atoms with Crippen molar-refractivity contribution in [1.29, 1.82) is 0 Å². The van der Waals surface area contributed by atoms with Crippen LogP contribution in [-0.2, 0) is 12.7 Å². The highest BCUT2D eigenvalue weighted by atomic mass is 19.4. The summed E-state index contributed by atoms with van der Waals surface area (Å²) in [7, 11) is 0. The Morgan fingerprint density at radius 1 is 1.25 bits per heavy atom. The van der Waals surface area contributed by atoms with Gasteiger partial charge in [-0.2, -0.15) is 13.2 Å². The predicted molar refractivity (Wildman–Crippen MR) is 79.4 cm³/mol. The molecule has 0 unspecified atom stereocenters. The molecule has 0 radical (unpaired) electrons. The van der Waals surface area contributed by atoms with E-state index in [2.05, 4.69) is 10.1 Å². The standard InChI is InChI=1S/C16H14F3N3O2/c1-2-3-8-22-13-12(20-15(22)16(17,18)19)11(21-24)9-6-4-5-7-10(9)14(13)23/h4-7,24H,2-3,8H2,1H3. The fraction of sp³-hybridized carbons (Fsp3) is 0.312. The summed E-state index contributed by atoms with van der Waals surface area (Å²) in [6.07, 6.45) is -3.58. The van der Waals surface area contributed by atoms with Crippen molar-refractivity contribution in [3.8, 4) is 0 Å². The van der Waals surface area contributed by atoms with Gasteiger partial charge in [-0.25, -0.2) is 4.98 Å². The highest BCUT2D eigenvalue weighted by molar-refractivity contribution is 6.28. The third-order valence-corrected chi connectivity index (χ3v) is 3.92. The van der Waals surface area contributed by atoms with Gasteiger partial charge in [-0.1, -0.05) is 42.8 Å². The Morgan fingerprint density at radius 2 is 1.92 bits per heavy atom. The molecule has 3 rings (SSSR count). The van der Waals surface area contributed by atoms with Crippen molar-refractivity contribution < 1.29 is 23.2 Å².